The molecule has 0 spiro atoms. The highest BCUT2D eigenvalue weighted by Crippen LogP contribution is 2.33. The number of hydrogen-bond acceptors (Lipinski definition) is 5. The van der Waals surface area contributed by atoms with Crippen molar-refractivity contribution in [3.8, 4) is 6.07 Å². The highest BCUT2D eigenvalue weighted by atomic mass is 19.1. The molecule has 0 radical (unpaired) electrons. The van der Waals surface area contributed by atoms with Crippen LogP contribution in [0.25, 0.3) is 0 Å². The number of Topliss-reactive ketones (excluding diaryl/α,β-unsaturated/α-hetero) is 1. The largest absolute Gasteiger partial charge is 0.366 e. The van der Waals surface area contributed by atoms with Crippen molar-refractivity contribution in [3.05, 3.63) is 69.5 Å². The number of hydrogen-bond donors (Lipinski definition) is 0. The first-order valence-corrected chi connectivity index (χ1v) is 8.23. The first kappa shape index (κ1) is 17.5. The molecule has 0 N–H and O–H groups in total. The van der Waals surface area contributed by atoms with E-state index in [1.165, 1.54) is 42.5 Å². The number of nitro groups is 1. The van der Waals surface area contributed by atoms with Gasteiger partial charge in [-0.05, 0) is 49.2 Å². The van der Waals surface area contributed by atoms with E-state index >= 15 is 0 Å². The van der Waals surface area contributed by atoms with Gasteiger partial charge in [-0.1, -0.05) is 0 Å². The maximum absolute atomic E-state index is 13.0. The third kappa shape index (κ3) is 3.54. The molecule has 0 aliphatic carbocycles. The van der Waals surface area contributed by atoms with Crippen LogP contribution in [0.3, 0.4) is 0 Å². The highest BCUT2D eigenvalue weighted by molar-refractivity contribution is 5.98. The number of ketones is 1. The Bertz CT molecular complexity index is 882. The van der Waals surface area contributed by atoms with Gasteiger partial charge in [0, 0.05) is 30.6 Å². The first-order valence-electron chi connectivity index (χ1n) is 8.23. The standard InChI is InChI=1S/C19H16FN3O3/c20-16-4-2-14(3-5-16)19(24)15-7-9-22(10-8-15)18-11-13(12-21)1-6-17(18)23(25)26/h1-6,11,15H,7-10H2. The summed E-state index contributed by atoms with van der Waals surface area (Å²) >= 11 is 0. The number of benzene rings is 2. The zero-order chi connectivity index (χ0) is 18.7. The normalized spacial score (nSPS) is 14.7. The van der Waals surface area contributed by atoms with Crippen LogP contribution < -0.4 is 4.90 Å². The van der Waals surface area contributed by atoms with Gasteiger partial charge < -0.3 is 4.90 Å². The van der Waals surface area contributed by atoms with E-state index in [1.54, 1.807) is 0 Å². The Kier molecular flexibility index (Phi) is 4.94. The van der Waals surface area contributed by atoms with Crippen molar-refractivity contribution in [2.24, 2.45) is 5.92 Å². The lowest BCUT2D eigenvalue weighted by atomic mass is 9.88. The second-order valence-electron chi connectivity index (χ2n) is 6.20. The van der Waals surface area contributed by atoms with Gasteiger partial charge in [-0.25, -0.2) is 4.39 Å². The van der Waals surface area contributed by atoms with Crippen LogP contribution in [0.15, 0.2) is 42.5 Å². The fourth-order valence-electron chi connectivity index (χ4n) is 3.23. The third-order valence-electron chi connectivity index (χ3n) is 4.64. The molecule has 0 aromatic heterocycles. The smallest absolute Gasteiger partial charge is 0.292 e. The van der Waals surface area contributed by atoms with E-state index in [1.807, 2.05) is 11.0 Å². The Labute approximate surface area is 149 Å². The number of halogens is 1. The number of carbonyl (C=O) groups excluding carboxylic acids is 1. The molecule has 0 amide bonds. The van der Waals surface area contributed by atoms with E-state index in [0.29, 0.717) is 42.7 Å². The number of rotatable bonds is 4. The topological polar surface area (TPSA) is 87.2 Å². The average Bonchev–Trinajstić information content (AvgIpc) is 2.67. The second-order valence-corrected chi connectivity index (χ2v) is 6.20. The average molecular weight is 353 g/mol. The molecule has 26 heavy (non-hydrogen) atoms. The van der Waals surface area contributed by atoms with Gasteiger partial charge in [0.25, 0.3) is 5.69 Å². The molecule has 1 heterocycles. The predicted molar refractivity (Wildman–Crippen MR) is 93.5 cm³/mol. The summed E-state index contributed by atoms with van der Waals surface area (Å²) in [6.45, 7) is 0.959. The molecule has 1 aliphatic heterocycles. The van der Waals surface area contributed by atoms with Gasteiger partial charge in [0.1, 0.15) is 11.5 Å². The fraction of sp³-hybridized carbons (Fsp3) is 0.263. The summed E-state index contributed by atoms with van der Waals surface area (Å²) in [5.74, 6) is -0.624. The zero-order valence-corrected chi connectivity index (χ0v) is 13.9. The molecule has 6 nitrogen and oxygen atoms in total. The summed E-state index contributed by atoms with van der Waals surface area (Å²) in [6, 6.07) is 11.7. The lowest BCUT2D eigenvalue weighted by Gasteiger charge is -2.32. The van der Waals surface area contributed by atoms with Crippen LogP contribution in [0.1, 0.15) is 28.8 Å². The Morgan fingerprint density at radius 2 is 1.85 bits per heavy atom. The van der Waals surface area contributed by atoms with Gasteiger partial charge in [-0.15, -0.1) is 0 Å². The van der Waals surface area contributed by atoms with Crippen molar-refractivity contribution in [1.29, 1.82) is 5.26 Å². The Hall–Kier alpha value is -3.27. The second kappa shape index (κ2) is 7.31. The van der Waals surface area contributed by atoms with E-state index in [0.717, 1.165) is 0 Å². The van der Waals surface area contributed by atoms with Gasteiger partial charge >= 0.3 is 0 Å². The van der Waals surface area contributed by atoms with E-state index < -0.39 is 4.92 Å². The van der Waals surface area contributed by atoms with Crippen molar-refractivity contribution in [2.75, 3.05) is 18.0 Å². The van der Waals surface area contributed by atoms with Gasteiger partial charge in [0.05, 0.1) is 16.6 Å². The number of nitro benzene ring substituents is 1. The van der Waals surface area contributed by atoms with Gasteiger partial charge in [-0.2, -0.15) is 5.26 Å². The zero-order valence-electron chi connectivity index (χ0n) is 13.9. The van der Waals surface area contributed by atoms with Crippen LogP contribution in [0.5, 0.6) is 0 Å². The van der Waals surface area contributed by atoms with Crippen molar-refractivity contribution in [3.63, 3.8) is 0 Å². The molecule has 7 heteroatoms. The van der Waals surface area contributed by atoms with Gasteiger partial charge in [0.15, 0.2) is 5.78 Å². The lowest BCUT2D eigenvalue weighted by Crippen LogP contribution is -2.36. The van der Waals surface area contributed by atoms with Crippen molar-refractivity contribution in [2.45, 2.75) is 12.8 Å². The molecular weight excluding hydrogens is 337 g/mol. The molecule has 1 fully saturated rings. The number of piperidine rings is 1. The SMILES string of the molecule is N#Cc1ccc([N+](=O)[O-])c(N2CCC(C(=O)c3ccc(F)cc3)CC2)c1. The maximum Gasteiger partial charge on any atom is 0.292 e. The minimum atomic E-state index is -0.466. The van der Waals surface area contributed by atoms with E-state index in [9.17, 15) is 19.3 Å². The van der Waals surface area contributed by atoms with Crippen LogP contribution in [-0.2, 0) is 0 Å². The summed E-state index contributed by atoms with van der Waals surface area (Å²) in [5.41, 5.74) is 1.19. The molecule has 2 aromatic carbocycles. The first-order chi connectivity index (χ1) is 12.5. The number of carbonyl (C=O) groups is 1. The number of nitrogens with zero attached hydrogens (tertiary/aromatic N) is 3. The predicted octanol–water partition coefficient (Wildman–Crippen LogP) is 3.70. The Morgan fingerprint density at radius 3 is 2.42 bits per heavy atom. The molecule has 0 atom stereocenters. The van der Waals surface area contributed by atoms with Crippen molar-refractivity contribution in [1.82, 2.24) is 0 Å². The molecule has 3 rings (SSSR count). The number of nitriles is 1. The fourth-order valence-corrected chi connectivity index (χ4v) is 3.23. The number of anilines is 1. The van der Waals surface area contributed by atoms with Crippen LogP contribution in [-0.4, -0.2) is 23.8 Å². The van der Waals surface area contributed by atoms with Crippen molar-refractivity contribution < 1.29 is 14.1 Å². The van der Waals surface area contributed by atoms with Crippen LogP contribution in [0, 0.1) is 33.2 Å². The minimum Gasteiger partial charge on any atom is -0.366 e. The summed E-state index contributed by atoms with van der Waals surface area (Å²) in [5, 5.41) is 20.3. The van der Waals surface area contributed by atoms with Gasteiger partial charge in [-0.3, -0.25) is 14.9 Å². The quantitative estimate of drug-likeness (QED) is 0.475. The molecule has 1 aliphatic rings. The van der Waals surface area contributed by atoms with Crippen LogP contribution >= 0.6 is 0 Å². The maximum atomic E-state index is 13.0. The van der Waals surface area contributed by atoms with Gasteiger partial charge in [0.2, 0.25) is 0 Å². The molecule has 1 saturated heterocycles. The Morgan fingerprint density at radius 1 is 1.19 bits per heavy atom. The van der Waals surface area contributed by atoms with E-state index in [4.69, 9.17) is 5.26 Å². The molecule has 0 unspecified atom stereocenters. The Balaban J connectivity index is 1.74. The summed E-state index contributed by atoms with van der Waals surface area (Å²) < 4.78 is 13.0. The minimum absolute atomic E-state index is 0.0371. The monoisotopic (exact) mass is 353 g/mol. The lowest BCUT2D eigenvalue weighted by molar-refractivity contribution is -0.384. The molecular formula is C19H16FN3O3. The molecule has 0 saturated carbocycles. The molecule has 2 aromatic rings. The summed E-state index contributed by atoms with van der Waals surface area (Å²) in [7, 11) is 0. The van der Waals surface area contributed by atoms with Crippen molar-refractivity contribution >= 4 is 17.2 Å². The highest BCUT2D eigenvalue weighted by Gasteiger charge is 2.29. The summed E-state index contributed by atoms with van der Waals surface area (Å²) in [4.78, 5) is 25.2. The molecule has 0 bridgehead atoms. The summed E-state index contributed by atoms with van der Waals surface area (Å²) in [6.07, 6.45) is 1.09. The van der Waals surface area contributed by atoms with Crippen LogP contribution in [0.4, 0.5) is 15.8 Å². The molecule has 132 valence electrons. The van der Waals surface area contributed by atoms with Crippen LogP contribution in [0.2, 0.25) is 0 Å². The van der Waals surface area contributed by atoms with E-state index in [-0.39, 0.29) is 23.2 Å². The third-order valence-corrected chi connectivity index (χ3v) is 4.64. The van der Waals surface area contributed by atoms with E-state index in [2.05, 4.69) is 0 Å².